The molecule has 0 aromatic heterocycles. The summed E-state index contributed by atoms with van der Waals surface area (Å²) in [6.45, 7) is 1.75. The molecule has 0 saturated carbocycles. The SMILES string of the molecule is O=S(=O)(N[C@H]1CCCNC1)c1ccc2c(c1)OCO2. The highest BCUT2D eigenvalue weighted by atomic mass is 32.2. The summed E-state index contributed by atoms with van der Waals surface area (Å²) < 4.78 is 37.6. The van der Waals surface area contributed by atoms with E-state index in [0.717, 1.165) is 19.4 Å². The van der Waals surface area contributed by atoms with Crippen molar-refractivity contribution < 1.29 is 17.9 Å². The van der Waals surface area contributed by atoms with Crippen molar-refractivity contribution in [1.29, 1.82) is 0 Å². The largest absolute Gasteiger partial charge is 0.454 e. The zero-order chi connectivity index (χ0) is 13.3. The molecule has 0 spiro atoms. The van der Waals surface area contributed by atoms with Crippen molar-refractivity contribution >= 4 is 10.0 Å². The Morgan fingerprint density at radius 3 is 2.89 bits per heavy atom. The Kier molecular flexibility index (Phi) is 3.34. The van der Waals surface area contributed by atoms with E-state index in [4.69, 9.17) is 9.47 Å². The number of hydrogen-bond acceptors (Lipinski definition) is 5. The summed E-state index contributed by atoms with van der Waals surface area (Å²) in [6.07, 6.45) is 1.84. The number of hydrogen-bond donors (Lipinski definition) is 2. The summed E-state index contributed by atoms with van der Waals surface area (Å²) in [6, 6.07) is 4.60. The van der Waals surface area contributed by atoms with Crippen molar-refractivity contribution in [3.8, 4) is 11.5 Å². The molecule has 1 aromatic carbocycles. The Balaban J connectivity index is 1.79. The van der Waals surface area contributed by atoms with Gasteiger partial charge in [0, 0.05) is 18.7 Å². The third-order valence-electron chi connectivity index (χ3n) is 3.27. The van der Waals surface area contributed by atoms with Crippen LogP contribution in [0.5, 0.6) is 11.5 Å². The molecular weight excluding hydrogens is 268 g/mol. The number of ether oxygens (including phenoxy) is 2. The van der Waals surface area contributed by atoms with E-state index < -0.39 is 10.0 Å². The van der Waals surface area contributed by atoms with Crippen molar-refractivity contribution in [3.05, 3.63) is 18.2 Å². The first kappa shape index (κ1) is 12.7. The van der Waals surface area contributed by atoms with E-state index in [-0.39, 0.29) is 17.7 Å². The maximum Gasteiger partial charge on any atom is 0.241 e. The van der Waals surface area contributed by atoms with Gasteiger partial charge in [-0.2, -0.15) is 0 Å². The van der Waals surface area contributed by atoms with Crippen LogP contribution in [0.25, 0.3) is 0 Å². The fourth-order valence-corrected chi connectivity index (χ4v) is 3.57. The number of benzene rings is 1. The molecule has 19 heavy (non-hydrogen) atoms. The molecule has 0 unspecified atom stereocenters. The van der Waals surface area contributed by atoms with Gasteiger partial charge in [0.2, 0.25) is 16.8 Å². The standard InChI is InChI=1S/C12H16N2O4S/c15-19(16,14-9-2-1-5-13-7-9)10-3-4-11-12(6-10)18-8-17-11/h3-4,6,9,13-14H,1-2,5,7-8H2/t9-/m0/s1. The van der Waals surface area contributed by atoms with Crippen LogP contribution in [0.1, 0.15) is 12.8 Å². The van der Waals surface area contributed by atoms with Gasteiger partial charge < -0.3 is 14.8 Å². The highest BCUT2D eigenvalue weighted by Gasteiger charge is 2.24. The van der Waals surface area contributed by atoms with E-state index >= 15 is 0 Å². The lowest BCUT2D eigenvalue weighted by Gasteiger charge is -2.23. The second kappa shape index (κ2) is 4.99. The highest BCUT2D eigenvalue weighted by molar-refractivity contribution is 7.89. The third-order valence-corrected chi connectivity index (χ3v) is 4.79. The Labute approximate surface area is 112 Å². The monoisotopic (exact) mass is 284 g/mol. The van der Waals surface area contributed by atoms with E-state index in [2.05, 4.69) is 10.0 Å². The quantitative estimate of drug-likeness (QED) is 0.842. The second-order valence-electron chi connectivity index (χ2n) is 4.68. The first-order valence-corrected chi connectivity index (χ1v) is 7.76. The normalized spacial score (nSPS) is 22.4. The second-order valence-corrected chi connectivity index (χ2v) is 6.39. The molecule has 0 amide bonds. The van der Waals surface area contributed by atoms with Crippen LogP contribution in [0.2, 0.25) is 0 Å². The van der Waals surface area contributed by atoms with Crippen LogP contribution >= 0.6 is 0 Å². The molecule has 0 aliphatic carbocycles. The van der Waals surface area contributed by atoms with Crippen molar-refractivity contribution in [3.63, 3.8) is 0 Å². The van der Waals surface area contributed by atoms with E-state index in [1.54, 1.807) is 6.07 Å². The van der Waals surface area contributed by atoms with E-state index in [9.17, 15) is 8.42 Å². The van der Waals surface area contributed by atoms with Gasteiger partial charge in [-0.05, 0) is 31.5 Å². The molecule has 2 aliphatic heterocycles. The first-order valence-electron chi connectivity index (χ1n) is 6.28. The van der Waals surface area contributed by atoms with Gasteiger partial charge in [-0.3, -0.25) is 0 Å². The van der Waals surface area contributed by atoms with Crippen LogP contribution in [0.3, 0.4) is 0 Å². The molecule has 1 atom stereocenters. The van der Waals surface area contributed by atoms with E-state index in [1.807, 2.05) is 0 Å². The van der Waals surface area contributed by atoms with Gasteiger partial charge in [0.15, 0.2) is 11.5 Å². The lowest BCUT2D eigenvalue weighted by molar-refractivity contribution is 0.174. The van der Waals surface area contributed by atoms with Gasteiger partial charge in [-0.1, -0.05) is 0 Å². The summed E-state index contributed by atoms with van der Waals surface area (Å²) in [4.78, 5) is 0.210. The van der Waals surface area contributed by atoms with Crippen LogP contribution in [0, 0.1) is 0 Å². The molecule has 6 nitrogen and oxygen atoms in total. The number of piperidine rings is 1. The topological polar surface area (TPSA) is 76.7 Å². The Hall–Kier alpha value is -1.31. The lowest BCUT2D eigenvalue weighted by atomic mass is 10.1. The molecule has 1 aromatic rings. The predicted octanol–water partition coefficient (Wildman–Crippen LogP) is 0.446. The van der Waals surface area contributed by atoms with Crippen LogP contribution in [0.4, 0.5) is 0 Å². The smallest absolute Gasteiger partial charge is 0.241 e. The Morgan fingerprint density at radius 2 is 2.11 bits per heavy atom. The lowest BCUT2D eigenvalue weighted by Crippen LogP contribution is -2.45. The highest BCUT2D eigenvalue weighted by Crippen LogP contribution is 2.33. The van der Waals surface area contributed by atoms with Gasteiger partial charge in [0.1, 0.15) is 0 Å². The number of nitrogens with one attached hydrogen (secondary N) is 2. The fraction of sp³-hybridized carbons (Fsp3) is 0.500. The maximum absolute atomic E-state index is 12.3. The fourth-order valence-electron chi connectivity index (χ4n) is 2.28. The molecule has 1 saturated heterocycles. The third kappa shape index (κ3) is 2.68. The van der Waals surface area contributed by atoms with Crippen LogP contribution in [0.15, 0.2) is 23.1 Å². The maximum atomic E-state index is 12.3. The van der Waals surface area contributed by atoms with E-state index in [1.165, 1.54) is 12.1 Å². The van der Waals surface area contributed by atoms with Crippen LogP contribution in [-0.4, -0.2) is 34.3 Å². The van der Waals surface area contributed by atoms with Crippen LogP contribution in [-0.2, 0) is 10.0 Å². The van der Waals surface area contributed by atoms with Crippen LogP contribution < -0.4 is 19.5 Å². The van der Waals surface area contributed by atoms with Gasteiger partial charge in [-0.25, -0.2) is 13.1 Å². The van der Waals surface area contributed by atoms with Crippen molar-refractivity contribution in [2.45, 2.75) is 23.8 Å². The van der Waals surface area contributed by atoms with Gasteiger partial charge in [-0.15, -0.1) is 0 Å². The summed E-state index contributed by atoms with van der Waals surface area (Å²) >= 11 is 0. The molecule has 3 rings (SSSR count). The van der Waals surface area contributed by atoms with Gasteiger partial charge >= 0.3 is 0 Å². The molecule has 0 radical (unpaired) electrons. The molecule has 1 fully saturated rings. The van der Waals surface area contributed by atoms with Crippen molar-refractivity contribution in [2.75, 3.05) is 19.9 Å². The van der Waals surface area contributed by atoms with Gasteiger partial charge in [0.25, 0.3) is 0 Å². The van der Waals surface area contributed by atoms with Gasteiger partial charge in [0.05, 0.1) is 4.90 Å². The van der Waals surface area contributed by atoms with Crippen molar-refractivity contribution in [1.82, 2.24) is 10.0 Å². The molecule has 2 aliphatic rings. The number of sulfonamides is 1. The summed E-state index contributed by atoms with van der Waals surface area (Å²) in [5.41, 5.74) is 0. The molecule has 2 N–H and O–H groups in total. The first-order chi connectivity index (χ1) is 9.15. The average Bonchev–Trinajstić information content (AvgIpc) is 2.86. The molecule has 2 heterocycles. The summed E-state index contributed by atoms with van der Waals surface area (Å²) in [5, 5.41) is 3.18. The number of fused-ring (bicyclic) bond motifs is 1. The number of rotatable bonds is 3. The Morgan fingerprint density at radius 1 is 1.26 bits per heavy atom. The van der Waals surface area contributed by atoms with E-state index in [0.29, 0.717) is 18.0 Å². The summed E-state index contributed by atoms with van der Waals surface area (Å²) in [5.74, 6) is 1.06. The molecule has 104 valence electrons. The average molecular weight is 284 g/mol. The minimum atomic E-state index is -3.51. The predicted molar refractivity (Wildman–Crippen MR) is 68.8 cm³/mol. The molecular formula is C12H16N2O4S. The minimum Gasteiger partial charge on any atom is -0.454 e. The minimum absolute atomic E-state index is 0.0517. The molecule has 7 heteroatoms. The Bertz CT molecular complexity index is 567. The zero-order valence-electron chi connectivity index (χ0n) is 10.4. The molecule has 0 bridgehead atoms. The summed E-state index contributed by atoms with van der Waals surface area (Å²) in [7, 11) is -3.51. The van der Waals surface area contributed by atoms with Crippen molar-refractivity contribution in [2.24, 2.45) is 0 Å². The zero-order valence-corrected chi connectivity index (χ0v) is 11.2.